The standard InChI is InChI=1S/C20H17N3O4/c1-2-13-10-21-11-26-20(13)27-16-6-3-14(4-7-16)19(24)23-15-5-8-18-17(9-15)22-12-25-18/h3-9,11-12H,2,10H2,1H3,(H,23,24). The molecule has 0 unspecified atom stereocenters. The molecule has 0 bridgehead atoms. The normalized spacial score (nSPS) is 13.5. The lowest BCUT2D eigenvalue weighted by Crippen LogP contribution is -2.12. The highest BCUT2D eigenvalue weighted by molar-refractivity contribution is 6.04. The minimum atomic E-state index is -0.223. The number of oxazole rings is 1. The summed E-state index contributed by atoms with van der Waals surface area (Å²) in [6.07, 6.45) is 3.54. The molecular formula is C20H17N3O4. The molecule has 0 saturated heterocycles. The maximum Gasteiger partial charge on any atom is 0.292 e. The fourth-order valence-corrected chi connectivity index (χ4v) is 2.65. The number of ether oxygens (including phenoxy) is 2. The number of carbonyl (C=O) groups is 1. The van der Waals surface area contributed by atoms with Crippen molar-refractivity contribution in [3.05, 3.63) is 65.9 Å². The second-order valence-electron chi connectivity index (χ2n) is 5.92. The van der Waals surface area contributed by atoms with Crippen LogP contribution in [0.4, 0.5) is 5.69 Å². The highest BCUT2D eigenvalue weighted by Crippen LogP contribution is 2.22. The molecule has 136 valence electrons. The number of hydrogen-bond donors (Lipinski definition) is 1. The Kier molecular flexibility index (Phi) is 4.57. The summed E-state index contributed by atoms with van der Waals surface area (Å²) in [4.78, 5) is 20.6. The molecule has 1 N–H and O–H groups in total. The van der Waals surface area contributed by atoms with Crippen LogP contribution in [0.1, 0.15) is 23.7 Å². The predicted octanol–water partition coefficient (Wildman–Crippen LogP) is 4.14. The second kappa shape index (κ2) is 7.33. The third kappa shape index (κ3) is 3.67. The van der Waals surface area contributed by atoms with E-state index in [1.165, 1.54) is 12.8 Å². The minimum Gasteiger partial charge on any atom is -0.443 e. The van der Waals surface area contributed by atoms with Crippen molar-refractivity contribution in [3.8, 4) is 5.75 Å². The first-order chi connectivity index (χ1) is 13.2. The zero-order valence-corrected chi connectivity index (χ0v) is 14.6. The molecule has 0 radical (unpaired) electrons. The highest BCUT2D eigenvalue weighted by atomic mass is 16.7. The fourth-order valence-electron chi connectivity index (χ4n) is 2.65. The summed E-state index contributed by atoms with van der Waals surface area (Å²) in [5.74, 6) is 0.816. The largest absolute Gasteiger partial charge is 0.443 e. The van der Waals surface area contributed by atoms with Crippen molar-refractivity contribution in [2.24, 2.45) is 4.99 Å². The first-order valence-electron chi connectivity index (χ1n) is 8.52. The van der Waals surface area contributed by atoms with Crippen LogP contribution in [0.15, 0.2) is 69.8 Å². The number of benzene rings is 2. The number of rotatable bonds is 5. The SMILES string of the molecule is CCC1=C(Oc2ccc(C(=O)Nc3ccc4ocnc4c3)cc2)OC=NC1. The monoisotopic (exact) mass is 363 g/mol. The molecule has 0 fully saturated rings. The molecule has 1 aliphatic rings. The van der Waals surface area contributed by atoms with Gasteiger partial charge in [-0.3, -0.25) is 9.79 Å². The lowest BCUT2D eigenvalue weighted by molar-refractivity contribution is 0.102. The topological polar surface area (TPSA) is 86.0 Å². The van der Waals surface area contributed by atoms with Gasteiger partial charge in [0.15, 0.2) is 18.4 Å². The van der Waals surface area contributed by atoms with Gasteiger partial charge >= 0.3 is 0 Å². The van der Waals surface area contributed by atoms with Gasteiger partial charge < -0.3 is 19.2 Å². The molecule has 0 aliphatic carbocycles. The number of hydrogen-bond acceptors (Lipinski definition) is 6. The van der Waals surface area contributed by atoms with E-state index in [9.17, 15) is 4.79 Å². The Hall–Kier alpha value is -3.61. The summed E-state index contributed by atoms with van der Waals surface area (Å²) in [5.41, 5.74) is 3.51. The van der Waals surface area contributed by atoms with E-state index in [0.717, 1.165) is 12.0 Å². The van der Waals surface area contributed by atoms with Gasteiger partial charge in [-0.1, -0.05) is 6.92 Å². The van der Waals surface area contributed by atoms with E-state index >= 15 is 0 Å². The van der Waals surface area contributed by atoms with Crippen molar-refractivity contribution in [3.63, 3.8) is 0 Å². The molecule has 4 rings (SSSR count). The van der Waals surface area contributed by atoms with E-state index in [-0.39, 0.29) is 5.91 Å². The number of nitrogens with zero attached hydrogens (tertiary/aromatic N) is 2. The Bertz CT molecular complexity index is 1030. The Morgan fingerprint density at radius 3 is 2.89 bits per heavy atom. The average Bonchev–Trinajstić information content (AvgIpc) is 3.17. The molecule has 3 aromatic rings. The molecule has 2 heterocycles. The van der Waals surface area contributed by atoms with E-state index in [1.54, 1.807) is 42.5 Å². The Morgan fingerprint density at radius 1 is 1.22 bits per heavy atom. The number of nitrogens with one attached hydrogen (secondary N) is 1. The zero-order chi connectivity index (χ0) is 18.6. The number of carbonyl (C=O) groups excluding carboxylic acids is 1. The Morgan fingerprint density at radius 2 is 2.07 bits per heavy atom. The maximum atomic E-state index is 12.4. The van der Waals surface area contributed by atoms with Crippen molar-refractivity contribution in [2.45, 2.75) is 13.3 Å². The van der Waals surface area contributed by atoms with Crippen LogP contribution in [0.5, 0.6) is 5.75 Å². The lowest BCUT2D eigenvalue weighted by Gasteiger charge is -2.15. The summed E-state index contributed by atoms with van der Waals surface area (Å²) in [6, 6.07) is 12.1. The third-order valence-corrected chi connectivity index (χ3v) is 4.15. The molecule has 27 heavy (non-hydrogen) atoms. The average molecular weight is 363 g/mol. The van der Waals surface area contributed by atoms with Crippen molar-refractivity contribution in [2.75, 3.05) is 11.9 Å². The molecule has 0 saturated carbocycles. The Balaban J connectivity index is 1.45. The van der Waals surface area contributed by atoms with Crippen LogP contribution in [-0.2, 0) is 4.74 Å². The number of amides is 1. The minimum absolute atomic E-state index is 0.223. The van der Waals surface area contributed by atoms with Crippen LogP contribution in [0, 0.1) is 0 Å². The van der Waals surface area contributed by atoms with E-state index in [1.807, 2.05) is 6.92 Å². The smallest absolute Gasteiger partial charge is 0.292 e. The summed E-state index contributed by atoms with van der Waals surface area (Å²) in [5, 5.41) is 2.84. The van der Waals surface area contributed by atoms with Crippen molar-refractivity contribution in [1.29, 1.82) is 0 Å². The van der Waals surface area contributed by atoms with Crippen LogP contribution >= 0.6 is 0 Å². The summed E-state index contributed by atoms with van der Waals surface area (Å²) in [7, 11) is 0. The van der Waals surface area contributed by atoms with Gasteiger partial charge in [-0.05, 0) is 48.9 Å². The Labute approximate surface area is 155 Å². The predicted molar refractivity (Wildman–Crippen MR) is 101 cm³/mol. The maximum absolute atomic E-state index is 12.4. The fraction of sp³-hybridized carbons (Fsp3) is 0.150. The van der Waals surface area contributed by atoms with Gasteiger partial charge in [0.2, 0.25) is 0 Å². The van der Waals surface area contributed by atoms with Crippen LogP contribution in [0.25, 0.3) is 11.1 Å². The molecule has 0 atom stereocenters. The second-order valence-corrected chi connectivity index (χ2v) is 5.92. The zero-order valence-electron chi connectivity index (χ0n) is 14.6. The number of aromatic nitrogens is 1. The third-order valence-electron chi connectivity index (χ3n) is 4.15. The van der Waals surface area contributed by atoms with Gasteiger partial charge in [0, 0.05) is 16.8 Å². The first kappa shape index (κ1) is 16.8. The van der Waals surface area contributed by atoms with Gasteiger partial charge in [0.25, 0.3) is 11.9 Å². The van der Waals surface area contributed by atoms with Gasteiger partial charge in [-0.2, -0.15) is 0 Å². The molecular weight excluding hydrogens is 346 g/mol. The van der Waals surface area contributed by atoms with Crippen LogP contribution < -0.4 is 10.1 Å². The summed E-state index contributed by atoms with van der Waals surface area (Å²) < 4.78 is 16.3. The van der Waals surface area contributed by atoms with E-state index < -0.39 is 0 Å². The van der Waals surface area contributed by atoms with Crippen LogP contribution in [0.3, 0.4) is 0 Å². The van der Waals surface area contributed by atoms with Gasteiger partial charge in [-0.15, -0.1) is 0 Å². The molecule has 7 heteroatoms. The number of anilines is 1. The van der Waals surface area contributed by atoms with Crippen molar-refractivity contribution in [1.82, 2.24) is 4.98 Å². The van der Waals surface area contributed by atoms with E-state index in [0.29, 0.717) is 40.6 Å². The molecule has 2 aromatic carbocycles. The van der Waals surface area contributed by atoms with Crippen molar-refractivity contribution >= 4 is 29.1 Å². The van der Waals surface area contributed by atoms with Gasteiger partial charge in [-0.25, -0.2) is 4.98 Å². The van der Waals surface area contributed by atoms with Crippen LogP contribution in [0.2, 0.25) is 0 Å². The highest BCUT2D eigenvalue weighted by Gasteiger charge is 2.13. The van der Waals surface area contributed by atoms with E-state index in [4.69, 9.17) is 13.9 Å². The number of aliphatic imine (C=N–C) groups is 1. The lowest BCUT2D eigenvalue weighted by atomic mass is 10.2. The van der Waals surface area contributed by atoms with Gasteiger partial charge in [0.05, 0.1) is 6.54 Å². The molecule has 0 spiro atoms. The molecule has 1 aliphatic heterocycles. The quantitative estimate of drug-likeness (QED) is 0.736. The summed E-state index contributed by atoms with van der Waals surface area (Å²) >= 11 is 0. The van der Waals surface area contributed by atoms with Gasteiger partial charge in [0.1, 0.15) is 11.3 Å². The first-order valence-corrected chi connectivity index (χ1v) is 8.52. The van der Waals surface area contributed by atoms with E-state index in [2.05, 4.69) is 15.3 Å². The molecule has 7 nitrogen and oxygen atoms in total. The van der Waals surface area contributed by atoms with Crippen molar-refractivity contribution < 1.29 is 18.7 Å². The molecule has 1 amide bonds. The molecule has 1 aromatic heterocycles. The summed E-state index contributed by atoms with van der Waals surface area (Å²) in [6.45, 7) is 2.59. The van der Waals surface area contributed by atoms with Crippen LogP contribution in [-0.4, -0.2) is 23.8 Å². The number of fused-ring (bicyclic) bond motifs is 1.